The minimum Gasteiger partial charge on any atom is -0.370 e. The fourth-order valence-electron chi connectivity index (χ4n) is 1.63. The molecule has 0 amide bonds. The molecule has 0 unspecified atom stereocenters. The Morgan fingerprint density at radius 1 is 1.30 bits per heavy atom. The van der Waals surface area contributed by atoms with E-state index in [9.17, 15) is 13.2 Å². The molecule has 1 aromatic heterocycles. The quantitative estimate of drug-likeness (QED) is 0.660. The number of guanidine groups is 1. The summed E-state index contributed by atoms with van der Waals surface area (Å²) in [5.41, 5.74) is 4.96. The standard InChI is InChI=1S/C11H14F3N5S/c12-11(13,14)8-5-16-9(17-6-8)7-18-10(15)19-1-3-20-4-2-19/h5-6H,1-4,7H2,(H2,15,18). The molecule has 0 atom stereocenters. The molecule has 2 rings (SSSR count). The number of hydrogen-bond acceptors (Lipinski definition) is 4. The fraction of sp³-hybridized carbons (Fsp3) is 0.545. The Morgan fingerprint density at radius 3 is 2.45 bits per heavy atom. The third-order valence-electron chi connectivity index (χ3n) is 2.75. The molecule has 110 valence electrons. The van der Waals surface area contributed by atoms with Crippen LogP contribution in [0.5, 0.6) is 0 Å². The number of alkyl halides is 3. The molecule has 0 aromatic carbocycles. The highest BCUT2D eigenvalue weighted by Crippen LogP contribution is 2.27. The second kappa shape index (κ2) is 6.29. The Hall–Kier alpha value is -1.51. The molecule has 0 radical (unpaired) electrons. The van der Waals surface area contributed by atoms with Gasteiger partial charge in [-0.25, -0.2) is 15.0 Å². The van der Waals surface area contributed by atoms with Crippen LogP contribution in [0.2, 0.25) is 0 Å². The average molecular weight is 305 g/mol. The predicted molar refractivity (Wildman–Crippen MR) is 71.3 cm³/mol. The van der Waals surface area contributed by atoms with Crippen molar-refractivity contribution in [1.82, 2.24) is 14.9 Å². The molecule has 2 N–H and O–H groups in total. The van der Waals surface area contributed by atoms with Crippen molar-refractivity contribution >= 4 is 17.7 Å². The summed E-state index contributed by atoms with van der Waals surface area (Å²) < 4.78 is 37.0. The van der Waals surface area contributed by atoms with Gasteiger partial charge in [0.05, 0.1) is 5.56 Å². The maximum absolute atomic E-state index is 12.3. The summed E-state index contributed by atoms with van der Waals surface area (Å²) in [6.45, 7) is 1.73. The van der Waals surface area contributed by atoms with Gasteiger partial charge in [0.25, 0.3) is 0 Å². The van der Waals surface area contributed by atoms with E-state index in [1.807, 2.05) is 16.7 Å². The maximum Gasteiger partial charge on any atom is 0.419 e. The molecule has 9 heteroatoms. The van der Waals surface area contributed by atoms with E-state index < -0.39 is 11.7 Å². The molecule has 0 saturated carbocycles. The van der Waals surface area contributed by atoms with Gasteiger partial charge in [0.2, 0.25) is 0 Å². The highest BCUT2D eigenvalue weighted by molar-refractivity contribution is 7.99. The number of nitrogens with two attached hydrogens (primary N) is 1. The summed E-state index contributed by atoms with van der Waals surface area (Å²) in [5.74, 6) is 2.58. The van der Waals surface area contributed by atoms with Crippen molar-refractivity contribution < 1.29 is 13.2 Å². The van der Waals surface area contributed by atoms with Crippen molar-refractivity contribution in [2.45, 2.75) is 12.7 Å². The maximum atomic E-state index is 12.3. The van der Waals surface area contributed by atoms with E-state index >= 15 is 0 Å². The van der Waals surface area contributed by atoms with Crippen LogP contribution in [-0.2, 0) is 12.7 Å². The van der Waals surface area contributed by atoms with Crippen molar-refractivity contribution in [3.05, 3.63) is 23.8 Å². The summed E-state index contributed by atoms with van der Waals surface area (Å²) in [7, 11) is 0. The van der Waals surface area contributed by atoms with Gasteiger partial charge in [0, 0.05) is 37.0 Å². The second-order valence-corrected chi connectivity index (χ2v) is 5.38. The van der Waals surface area contributed by atoms with Gasteiger partial charge in [-0.1, -0.05) is 0 Å². The smallest absolute Gasteiger partial charge is 0.370 e. The van der Waals surface area contributed by atoms with Crippen molar-refractivity contribution in [2.24, 2.45) is 10.7 Å². The first-order chi connectivity index (χ1) is 9.47. The number of rotatable bonds is 2. The SMILES string of the molecule is NC(=NCc1ncc(C(F)(F)F)cn1)N1CCSCC1. The van der Waals surface area contributed by atoms with E-state index in [1.165, 1.54) is 0 Å². The Balaban J connectivity index is 1.96. The minimum absolute atomic E-state index is 0.0770. The molecule has 20 heavy (non-hydrogen) atoms. The van der Waals surface area contributed by atoms with Crippen LogP contribution < -0.4 is 5.73 Å². The van der Waals surface area contributed by atoms with Crippen molar-refractivity contribution in [1.29, 1.82) is 0 Å². The number of halogens is 3. The van der Waals surface area contributed by atoms with Crippen molar-refractivity contribution in [2.75, 3.05) is 24.6 Å². The van der Waals surface area contributed by atoms with Gasteiger partial charge in [0.15, 0.2) is 5.96 Å². The molecule has 1 saturated heterocycles. The van der Waals surface area contributed by atoms with E-state index in [2.05, 4.69) is 15.0 Å². The van der Waals surface area contributed by atoms with E-state index in [0.29, 0.717) is 5.96 Å². The largest absolute Gasteiger partial charge is 0.419 e. The molecular formula is C11H14F3N5S. The zero-order valence-corrected chi connectivity index (χ0v) is 11.4. The molecule has 0 spiro atoms. The van der Waals surface area contributed by atoms with Gasteiger partial charge in [-0.2, -0.15) is 24.9 Å². The summed E-state index contributed by atoms with van der Waals surface area (Å²) in [6, 6.07) is 0. The van der Waals surface area contributed by atoms with Gasteiger partial charge < -0.3 is 10.6 Å². The Bertz CT molecular complexity index is 468. The Kier molecular flexibility index (Phi) is 4.69. The predicted octanol–water partition coefficient (Wildman–Crippen LogP) is 1.36. The lowest BCUT2D eigenvalue weighted by Crippen LogP contribution is -2.42. The van der Waals surface area contributed by atoms with Crippen LogP contribution in [0.3, 0.4) is 0 Å². The monoisotopic (exact) mass is 305 g/mol. The first kappa shape index (κ1) is 14.9. The molecule has 1 aromatic rings. The summed E-state index contributed by atoms with van der Waals surface area (Å²) >= 11 is 1.85. The van der Waals surface area contributed by atoms with Gasteiger partial charge in [-0.15, -0.1) is 0 Å². The lowest BCUT2D eigenvalue weighted by atomic mass is 10.3. The lowest BCUT2D eigenvalue weighted by Gasteiger charge is -2.27. The Labute approximate surface area is 118 Å². The third-order valence-corrected chi connectivity index (χ3v) is 3.69. The topological polar surface area (TPSA) is 67.4 Å². The highest BCUT2D eigenvalue weighted by Gasteiger charge is 2.31. The van der Waals surface area contributed by atoms with Crippen LogP contribution in [0.25, 0.3) is 0 Å². The van der Waals surface area contributed by atoms with Crippen LogP contribution in [0.4, 0.5) is 13.2 Å². The molecule has 1 fully saturated rings. The minimum atomic E-state index is -4.42. The van der Waals surface area contributed by atoms with Crippen molar-refractivity contribution in [3.8, 4) is 0 Å². The third kappa shape index (κ3) is 3.99. The van der Waals surface area contributed by atoms with Gasteiger partial charge in [-0.3, -0.25) is 0 Å². The number of nitrogens with zero attached hydrogens (tertiary/aromatic N) is 4. The number of hydrogen-bond donors (Lipinski definition) is 1. The van der Waals surface area contributed by atoms with Crippen LogP contribution in [0.15, 0.2) is 17.4 Å². The van der Waals surface area contributed by atoms with E-state index in [0.717, 1.165) is 37.0 Å². The summed E-state index contributed by atoms with van der Waals surface area (Å²) in [6.07, 6.45) is -2.91. The van der Waals surface area contributed by atoms with Crippen LogP contribution in [0, 0.1) is 0 Å². The molecule has 1 aliphatic heterocycles. The number of aromatic nitrogens is 2. The summed E-state index contributed by atoms with van der Waals surface area (Å²) in [4.78, 5) is 13.4. The van der Waals surface area contributed by atoms with Crippen LogP contribution >= 0.6 is 11.8 Å². The Morgan fingerprint density at radius 2 is 1.90 bits per heavy atom. The molecule has 5 nitrogen and oxygen atoms in total. The summed E-state index contributed by atoms with van der Waals surface area (Å²) in [5, 5.41) is 0. The first-order valence-electron chi connectivity index (χ1n) is 5.97. The molecule has 1 aliphatic rings. The van der Waals surface area contributed by atoms with E-state index in [1.54, 1.807) is 0 Å². The van der Waals surface area contributed by atoms with Crippen molar-refractivity contribution in [3.63, 3.8) is 0 Å². The zero-order chi connectivity index (χ0) is 14.6. The normalized spacial score (nSPS) is 17.4. The molecule has 0 aliphatic carbocycles. The zero-order valence-electron chi connectivity index (χ0n) is 10.6. The lowest BCUT2D eigenvalue weighted by molar-refractivity contribution is -0.138. The molecule has 0 bridgehead atoms. The van der Waals surface area contributed by atoms with Gasteiger partial charge in [0.1, 0.15) is 12.4 Å². The first-order valence-corrected chi connectivity index (χ1v) is 7.13. The highest BCUT2D eigenvalue weighted by atomic mass is 32.2. The van der Waals surface area contributed by atoms with Crippen LogP contribution in [-0.4, -0.2) is 45.4 Å². The fourth-order valence-corrected chi connectivity index (χ4v) is 2.53. The second-order valence-electron chi connectivity index (χ2n) is 4.16. The number of thioether (sulfide) groups is 1. The van der Waals surface area contributed by atoms with E-state index in [4.69, 9.17) is 5.73 Å². The van der Waals surface area contributed by atoms with Gasteiger partial charge >= 0.3 is 6.18 Å². The van der Waals surface area contributed by atoms with E-state index in [-0.39, 0.29) is 12.4 Å². The van der Waals surface area contributed by atoms with Crippen LogP contribution in [0.1, 0.15) is 11.4 Å². The molecular weight excluding hydrogens is 291 g/mol. The molecule has 2 heterocycles. The average Bonchev–Trinajstić information content (AvgIpc) is 2.45. The van der Waals surface area contributed by atoms with Gasteiger partial charge in [-0.05, 0) is 0 Å². The number of aliphatic imine (C=N–C) groups is 1.